The van der Waals surface area contributed by atoms with Crippen LogP contribution in [0, 0.1) is 16.7 Å². The second kappa shape index (κ2) is 3.00. The molecule has 1 rings (SSSR count). The normalized spacial score (nSPS) is 30.5. The Labute approximate surface area is 80.3 Å². The van der Waals surface area contributed by atoms with Crippen molar-refractivity contribution in [3.8, 4) is 0 Å². The summed E-state index contributed by atoms with van der Waals surface area (Å²) in [7, 11) is 0. The van der Waals surface area contributed by atoms with Crippen LogP contribution < -0.4 is 0 Å². The summed E-state index contributed by atoms with van der Waals surface area (Å²) >= 11 is 0. The van der Waals surface area contributed by atoms with Gasteiger partial charge in [-0.1, -0.05) is 40.5 Å². The number of carboxylic acids is 1. The fourth-order valence-electron chi connectivity index (χ4n) is 2.88. The first-order chi connectivity index (χ1) is 5.92. The van der Waals surface area contributed by atoms with Gasteiger partial charge >= 0.3 is 5.97 Å². The third-order valence-corrected chi connectivity index (χ3v) is 3.87. The predicted octanol–water partition coefficient (Wildman–Crippen LogP) is 2.92. The second-order valence-corrected chi connectivity index (χ2v) is 4.85. The molecular weight excluding hydrogens is 164 g/mol. The standard InChI is InChI=1S/C11H20O2/c1-5-8(6-2)11(9(12)13)7-10(11,3)4/h8H,5-7H2,1-4H3,(H,12,13). The Bertz CT molecular complexity index is 216. The summed E-state index contributed by atoms with van der Waals surface area (Å²) in [6.07, 6.45) is 2.81. The van der Waals surface area contributed by atoms with Crippen molar-refractivity contribution >= 4 is 5.97 Å². The molecule has 1 aliphatic rings. The molecule has 13 heavy (non-hydrogen) atoms. The van der Waals surface area contributed by atoms with E-state index in [0.717, 1.165) is 19.3 Å². The molecule has 1 aliphatic carbocycles. The van der Waals surface area contributed by atoms with Crippen molar-refractivity contribution < 1.29 is 9.90 Å². The molecular formula is C11H20O2. The number of rotatable bonds is 4. The Morgan fingerprint density at radius 1 is 1.38 bits per heavy atom. The number of carboxylic acid groups (broad SMARTS) is 1. The van der Waals surface area contributed by atoms with Gasteiger partial charge in [0.05, 0.1) is 5.41 Å². The molecule has 0 amide bonds. The van der Waals surface area contributed by atoms with Crippen LogP contribution >= 0.6 is 0 Å². The van der Waals surface area contributed by atoms with Crippen molar-refractivity contribution in [3.63, 3.8) is 0 Å². The summed E-state index contributed by atoms with van der Waals surface area (Å²) < 4.78 is 0. The molecule has 0 saturated heterocycles. The van der Waals surface area contributed by atoms with Gasteiger partial charge in [0.1, 0.15) is 0 Å². The topological polar surface area (TPSA) is 37.3 Å². The Morgan fingerprint density at radius 3 is 1.85 bits per heavy atom. The van der Waals surface area contributed by atoms with E-state index in [9.17, 15) is 9.90 Å². The van der Waals surface area contributed by atoms with Crippen LogP contribution in [0.1, 0.15) is 47.0 Å². The lowest BCUT2D eigenvalue weighted by atomic mass is 9.79. The van der Waals surface area contributed by atoms with Crippen LogP contribution in [0.3, 0.4) is 0 Å². The van der Waals surface area contributed by atoms with E-state index in [0.29, 0.717) is 5.92 Å². The highest BCUT2D eigenvalue weighted by Gasteiger charge is 2.69. The Hall–Kier alpha value is -0.530. The SMILES string of the molecule is CCC(CC)C1(C(=O)O)CC1(C)C. The van der Waals surface area contributed by atoms with E-state index in [1.165, 1.54) is 0 Å². The van der Waals surface area contributed by atoms with Gasteiger partial charge in [-0.3, -0.25) is 4.79 Å². The van der Waals surface area contributed by atoms with Crippen LogP contribution in [0.15, 0.2) is 0 Å². The molecule has 1 fully saturated rings. The third-order valence-electron chi connectivity index (χ3n) is 3.87. The smallest absolute Gasteiger partial charge is 0.310 e. The zero-order valence-electron chi connectivity index (χ0n) is 9.05. The minimum absolute atomic E-state index is 0.00944. The van der Waals surface area contributed by atoms with E-state index < -0.39 is 11.4 Å². The van der Waals surface area contributed by atoms with Gasteiger partial charge in [-0.15, -0.1) is 0 Å². The maximum atomic E-state index is 11.3. The lowest BCUT2D eigenvalue weighted by molar-refractivity contribution is -0.147. The monoisotopic (exact) mass is 184 g/mol. The van der Waals surface area contributed by atoms with Crippen molar-refractivity contribution in [1.29, 1.82) is 0 Å². The Morgan fingerprint density at radius 2 is 1.77 bits per heavy atom. The van der Waals surface area contributed by atoms with E-state index in [4.69, 9.17) is 0 Å². The van der Waals surface area contributed by atoms with Crippen LogP contribution in [0.25, 0.3) is 0 Å². The second-order valence-electron chi connectivity index (χ2n) is 4.85. The molecule has 0 aliphatic heterocycles. The zero-order chi connectivity index (χ0) is 10.3. The van der Waals surface area contributed by atoms with E-state index in [2.05, 4.69) is 27.7 Å². The van der Waals surface area contributed by atoms with Crippen LogP contribution in [0.2, 0.25) is 0 Å². The van der Waals surface area contributed by atoms with Crippen LogP contribution in [0.4, 0.5) is 0 Å². The Kier molecular flexibility index (Phi) is 2.44. The molecule has 0 aromatic carbocycles. The lowest BCUT2D eigenvalue weighted by Gasteiger charge is -2.24. The van der Waals surface area contributed by atoms with E-state index in [-0.39, 0.29) is 5.41 Å². The van der Waals surface area contributed by atoms with Gasteiger partial charge in [-0.25, -0.2) is 0 Å². The van der Waals surface area contributed by atoms with Crippen molar-refractivity contribution in [2.75, 3.05) is 0 Å². The van der Waals surface area contributed by atoms with Gasteiger partial charge < -0.3 is 5.11 Å². The Balaban J connectivity index is 2.89. The fraction of sp³-hybridized carbons (Fsp3) is 0.909. The molecule has 1 N–H and O–H groups in total. The molecule has 0 heterocycles. The quantitative estimate of drug-likeness (QED) is 0.729. The predicted molar refractivity (Wildman–Crippen MR) is 52.5 cm³/mol. The summed E-state index contributed by atoms with van der Waals surface area (Å²) in [5, 5.41) is 9.27. The molecule has 76 valence electrons. The molecule has 0 spiro atoms. The highest BCUT2D eigenvalue weighted by atomic mass is 16.4. The summed E-state index contributed by atoms with van der Waals surface area (Å²) in [5.41, 5.74) is -0.411. The maximum absolute atomic E-state index is 11.3. The van der Waals surface area contributed by atoms with Crippen molar-refractivity contribution in [1.82, 2.24) is 0 Å². The minimum Gasteiger partial charge on any atom is -0.481 e. The molecule has 0 radical (unpaired) electrons. The summed E-state index contributed by atoms with van der Waals surface area (Å²) in [6, 6.07) is 0. The van der Waals surface area contributed by atoms with Gasteiger partial charge in [0, 0.05) is 0 Å². The molecule has 1 saturated carbocycles. The molecule has 0 bridgehead atoms. The first-order valence-electron chi connectivity index (χ1n) is 5.15. The van der Waals surface area contributed by atoms with E-state index in [1.54, 1.807) is 0 Å². The average Bonchev–Trinajstić information content (AvgIpc) is 2.58. The largest absolute Gasteiger partial charge is 0.481 e. The molecule has 2 heteroatoms. The summed E-state index contributed by atoms with van der Waals surface area (Å²) in [4.78, 5) is 11.3. The van der Waals surface area contributed by atoms with Gasteiger partial charge in [-0.05, 0) is 17.8 Å². The van der Waals surface area contributed by atoms with Crippen molar-refractivity contribution in [2.24, 2.45) is 16.7 Å². The third kappa shape index (κ3) is 1.27. The number of hydrogen-bond donors (Lipinski definition) is 1. The highest BCUT2D eigenvalue weighted by Crippen LogP contribution is 2.68. The van der Waals surface area contributed by atoms with Gasteiger partial charge in [0.2, 0.25) is 0 Å². The molecule has 0 aromatic heterocycles. The van der Waals surface area contributed by atoms with Gasteiger partial charge in [-0.2, -0.15) is 0 Å². The zero-order valence-corrected chi connectivity index (χ0v) is 9.05. The number of carbonyl (C=O) groups is 1. The van der Waals surface area contributed by atoms with Crippen LogP contribution in [-0.4, -0.2) is 11.1 Å². The molecule has 2 nitrogen and oxygen atoms in total. The first-order valence-corrected chi connectivity index (χ1v) is 5.15. The van der Waals surface area contributed by atoms with Gasteiger partial charge in [0.15, 0.2) is 0 Å². The first kappa shape index (κ1) is 10.6. The van der Waals surface area contributed by atoms with Crippen molar-refractivity contribution in [2.45, 2.75) is 47.0 Å². The highest BCUT2D eigenvalue weighted by molar-refractivity contribution is 5.80. The number of aliphatic carboxylic acids is 1. The minimum atomic E-state index is -0.591. The fourth-order valence-corrected chi connectivity index (χ4v) is 2.88. The van der Waals surface area contributed by atoms with E-state index >= 15 is 0 Å². The average molecular weight is 184 g/mol. The molecule has 1 unspecified atom stereocenters. The maximum Gasteiger partial charge on any atom is 0.310 e. The molecule has 0 aromatic rings. The van der Waals surface area contributed by atoms with E-state index in [1.807, 2.05) is 0 Å². The molecule has 1 atom stereocenters. The summed E-state index contributed by atoms with van der Waals surface area (Å²) in [6.45, 7) is 8.32. The van der Waals surface area contributed by atoms with Crippen LogP contribution in [0.5, 0.6) is 0 Å². The number of hydrogen-bond acceptors (Lipinski definition) is 1. The van der Waals surface area contributed by atoms with Crippen molar-refractivity contribution in [3.05, 3.63) is 0 Å². The van der Waals surface area contributed by atoms with Gasteiger partial charge in [0.25, 0.3) is 0 Å². The summed E-state index contributed by atoms with van der Waals surface area (Å²) in [5.74, 6) is -0.244. The van der Waals surface area contributed by atoms with Crippen LogP contribution in [-0.2, 0) is 4.79 Å². The lowest BCUT2D eigenvalue weighted by Crippen LogP contribution is -2.29.